The number of rotatable bonds is 2. The summed E-state index contributed by atoms with van der Waals surface area (Å²) in [5, 5.41) is 0. The van der Waals surface area contributed by atoms with E-state index in [1.165, 1.54) is 24.3 Å². The van der Waals surface area contributed by atoms with Crippen LogP contribution in [0.5, 0.6) is 5.75 Å². The molecule has 0 radical (unpaired) electrons. The van der Waals surface area contributed by atoms with Crippen LogP contribution >= 0.6 is 0 Å². The highest BCUT2D eigenvalue weighted by Crippen LogP contribution is 2.26. The van der Waals surface area contributed by atoms with Crippen LogP contribution in [0.2, 0.25) is 0 Å². The number of carbonyl (C=O) groups excluding carboxylic acids is 1. The second-order valence-corrected chi connectivity index (χ2v) is 5.50. The SMILES string of the molecule is COc1c(F)ccc(C(=O)N2CCc3ccccc3CC2)c1F. The van der Waals surface area contributed by atoms with Gasteiger partial charge in [-0.2, -0.15) is 0 Å². The molecule has 0 fully saturated rings. The summed E-state index contributed by atoms with van der Waals surface area (Å²) in [6.45, 7) is 1.02. The highest BCUT2D eigenvalue weighted by Gasteiger charge is 2.25. The maximum absolute atomic E-state index is 14.3. The largest absolute Gasteiger partial charge is 0.491 e. The molecular formula is C18H17F2NO2. The molecule has 2 aromatic rings. The Hall–Kier alpha value is -2.43. The minimum Gasteiger partial charge on any atom is -0.491 e. The quantitative estimate of drug-likeness (QED) is 0.851. The molecule has 0 aliphatic carbocycles. The van der Waals surface area contributed by atoms with Gasteiger partial charge in [-0.15, -0.1) is 0 Å². The van der Waals surface area contributed by atoms with Crippen molar-refractivity contribution in [3.63, 3.8) is 0 Å². The zero-order chi connectivity index (χ0) is 16.4. The molecule has 0 bridgehead atoms. The number of hydrogen-bond donors (Lipinski definition) is 0. The van der Waals surface area contributed by atoms with Crippen LogP contribution in [-0.4, -0.2) is 31.0 Å². The average molecular weight is 317 g/mol. The molecule has 3 nitrogen and oxygen atoms in total. The Balaban J connectivity index is 1.85. The van der Waals surface area contributed by atoms with E-state index in [-0.39, 0.29) is 5.56 Å². The monoisotopic (exact) mass is 317 g/mol. The molecule has 0 atom stereocenters. The highest BCUT2D eigenvalue weighted by molar-refractivity contribution is 5.95. The van der Waals surface area contributed by atoms with Gasteiger partial charge in [0.05, 0.1) is 12.7 Å². The minimum atomic E-state index is -0.945. The van der Waals surface area contributed by atoms with Gasteiger partial charge in [-0.05, 0) is 36.1 Å². The lowest BCUT2D eigenvalue weighted by atomic mass is 10.0. The van der Waals surface area contributed by atoms with E-state index in [0.717, 1.165) is 18.9 Å². The van der Waals surface area contributed by atoms with E-state index in [9.17, 15) is 13.6 Å². The van der Waals surface area contributed by atoms with Gasteiger partial charge in [0.2, 0.25) is 0 Å². The molecule has 3 rings (SSSR count). The van der Waals surface area contributed by atoms with Gasteiger partial charge in [0.15, 0.2) is 17.4 Å². The first kappa shape index (κ1) is 15.5. The molecule has 23 heavy (non-hydrogen) atoms. The molecule has 2 aromatic carbocycles. The van der Waals surface area contributed by atoms with Crippen LogP contribution in [0.25, 0.3) is 0 Å². The zero-order valence-corrected chi connectivity index (χ0v) is 12.8. The second-order valence-electron chi connectivity index (χ2n) is 5.50. The fourth-order valence-corrected chi connectivity index (χ4v) is 2.93. The lowest BCUT2D eigenvalue weighted by Gasteiger charge is -2.21. The van der Waals surface area contributed by atoms with E-state index in [0.29, 0.717) is 13.1 Å². The summed E-state index contributed by atoms with van der Waals surface area (Å²) in [6.07, 6.45) is 1.45. The summed E-state index contributed by atoms with van der Waals surface area (Å²) in [4.78, 5) is 14.2. The third-order valence-electron chi connectivity index (χ3n) is 4.19. The van der Waals surface area contributed by atoms with Gasteiger partial charge in [-0.25, -0.2) is 8.78 Å². The normalized spacial score (nSPS) is 14.1. The Kier molecular flexibility index (Phi) is 4.28. The van der Waals surface area contributed by atoms with Crippen molar-refractivity contribution < 1.29 is 18.3 Å². The summed E-state index contributed by atoms with van der Waals surface area (Å²) in [5.74, 6) is -2.72. The van der Waals surface area contributed by atoms with Crippen LogP contribution < -0.4 is 4.74 Å². The number of hydrogen-bond acceptors (Lipinski definition) is 2. The van der Waals surface area contributed by atoms with Gasteiger partial charge in [-0.3, -0.25) is 4.79 Å². The van der Waals surface area contributed by atoms with E-state index in [4.69, 9.17) is 4.74 Å². The first-order valence-corrected chi connectivity index (χ1v) is 7.50. The molecule has 0 N–H and O–H groups in total. The third-order valence-corrected chi connectivity index (χ3v) is 4.19. The van der Waals surface area contributed by atoms with Crippen LogP contribution in [0.3, 0.4) is 0 Å². The maximum atomic E-state index is 14.3. The van der Waals surface area contributed by atoms with Crippen molar-refractivity contribution >= 4 is 5.91 Å². The molecule has 1 aliphatic heterocycles. The van der Waals surface area contributed by atoms with Crippen LogP contribution in [0.1, 0.15) is 21.5 Å². The van der Waals surface area contributed by atoms with E-state index in [2.05, 4.69) is 0 Å². The molecule has 5 heteroatoms. The van der Waals surface area contributed by atoms with Gasteiger partial charge >= 0.3 is 0 Å². The molecule has 1 heterocycles. The molecule has 120 valence electrons. The van der Waals surface area contributed by atoms with Crippen molar-refractivity contribution in [2.45, 2.75) is 12.8 Å². The van der Waals surface area contributed by atoms with Crippen LogP contribution in [0.15, 0.2) is 36.4 Å². The van der Waals surface area contributed by atoms with Crippen molar-refractivity contribution in [1.82, 2.24) is 4.90 Å². The Bertz CT molecular complexity index is 719. The van der Waals surface area contributed by atoms with E-state index in [1.807, 2.05) is 24.3 Å². The Morgan fingerprint density at radius 3 is 2.22 bits per heavy atom. The Morgan fingerprint density at radius 2 is 1.65 bits per heavy atom. The molecule has 0 saturated carbocycles. The molecule has 0 saturated heterocycles. The van der Waals surface area contributed by atoms with Crippen LogP contribution in [0, 0.1) is 11.6 Å². The number of amides is 1. The topological polar surface area (TPSA) is 29.5 Å². The summed E-state index contributed by atoms with van der Waals surface area (Å²) in [7, 11) is 1.18. The van der Waals surface area contributed by atoms with Gasteiger partial charge in [0, 0.05) is 13.1 Å². The fourth-order valence-electron chi connectivity index (χ4n) is 2.93. The zero-order valence-electron chi connectivity index (χ0n) is 12.8. The third kappa shape index (κ3) is 2.91. The average Bonchev–Trinajstić information content (AvgIpc) is 2.77. The van der Waals surface area contributed by atoms with Gasteiger partial charge in [0.1, 0.15) is 0 Å². The van der Waals surface area contributed by atoms with E-state index >= 15 is 0 Å². The second kappa shape index (κ2) is 6.36. The maximum Gasteiger partial charge on any atom is 0.256 e. The predicted molar refractivity (Wildman–Crippen MR) is 82.7 cm³/mol. The molecule has 0 aromatic heterocycles. The summed E-state index contributed by atoms with van der Waals surface area (Å²) >= 11 is 0. The first-order valence-electron chi connectivity index (χ1n) is 7.50. The minimum absolute atomic E-state index is 0.158. The number of benzene rings is 2. The first-order chi connectivity index (χ1) is 11.1. The summed E-state index contributed by atoms with van der Waals surface area (Å²) < 4.78 is 32.5. The van der Waals surface area contributed by atoms with Gasteiger partial charge in [0.25, 0.3) is 5.91 Å². The lowest BCUT2D eigenvalue weighted by Crippen LogP contribution is -2.34. The van der Waals surface area contributed by atoms with Crippen LogP contribution in [0.4, 0.5) is 8.78 Å². The Labute approximate surface area is 133 Å². The Morgan fingerprint density at radius 1 is 1.04 bits per heavy atom. The molecule has 1 amide bonds. The molecule has 0 unspecified atom stereocenters. The molecular weight excluding hydrogens is 300 g/mol. The number of halogens is 2. The van der Waals surface area contributed by atoms with Crippen molar-refractivity contribution in [2.24, 2.45) is 0 Å². The van der Waals surface area contributed by atoms with Crippen molar-refractivity contribution in [2.75, 3.05) is 20.2 Å². The number of fused-ring (bicyclic) bond motifs is 1. The van der Waals surface area contributed by atoms with Gasteiger partial charge in [-0.1, -0.05) is 24.3 Å². The summed E-state index contributed by atoms with van der Waals surface area (Å²) in [6, 6.07) is 10.3. The lowest BCUT2D eigenvalue weighted by molar-refractivity contribution is 0.0757. The van der Waals surface area contributed by atoms with Gasteiger partial charge < -0.3 is 9.64 Å². The smallest absolute Gasteiger partial charge is 0.256 e. The van der Waals surface area contributed by atoms with Crippen molar-refractivity contribution in [3.05, 3.63) is 64.7 Å². The number of nitrogens with zero attached hydrogens (tertiary/aromatic N) is 1. The standard InChI is InChI=1S/C18H17F2NO2/c1-23-17-15(19)7-6-14(16(17)20)18(22)21-10-8-12-4-2-3-5-13(12)9-11-21/h2-7H,8-11H2,1H3. The number of ether oxygens (including phenoxy) is 1. The van der Waals surface area contributed by atoms with E-state index < -0.39 is 23.3 Å². The number of carbonyl (C=O) groups is 1. The summed E-state index contributed by atoms with van der Waals surface area (Å²) in [5.41, 5.74) is 2.26. The highest BCUT2D eigenvalue weighted by atomic mass is 19.1. The van der Waals surface area contributed by atoms with Crippen molar-refractivity contribution in [1.29, 1.82) is 0 Å². The number of methoxy groups -OCH3 is 1. The molecule has 1 aliphatic rings. The van der Waals surface area contributed by atoms with E-state index in [1.54, 1.807) is 4.90 Å². The fraction of sp³-hybridized carbons (Fsp3) is 0.278. The van der Waals surface area contributed by atoms with Crippen molar-refractivity contribution in [3.8, 4) is 5.75 Å². The molecule has 0 spiro atoms. The van der Waals surface area contributed by atoms with Crippen LogP contribution in [-0.2, 0) is 12.8 Å². The predicted octanol–water partition coefficient (Wildman–Crippen LogP) is 3.21.